The summed E-state index contributed by atoms with van der Waals surface area (Å²) < 4.78 is 19.1. The summed E-state index contributed by atoms with van der Waals surface area (Å²) in [4.78, 5) is 15.5. The molecule has 3 aromatic carbocycles. The van der Waals surface area contributed by atoms with Crippen LogP contribution in [0.4, 0.5) is 0 Å². The summed E-state index contributed by atoms with van der Waals surface area (Å²) in [5, 5.41) is 18.2. The normalized spacial score (nSPS) is 18.9. The van der Waals surface area contributed by atoms with Crippen molar-refractivity contribution in [3.63, 3.8) is 0 Å². The lowest BCUT2D eigenvalue weighted by Gasteiger charge is -2.21. The first kappa shape index (κ1) is 25.8. The smallest absolute Gasteiger partial charge is 0.220 e. The van der Waals surface area contributed by atoms with Gasteiger partial charge in [-0.05, 0) is 71.6 Å². The molecule has 0 saturated carbocycles. The van der Waals surface area contributed by atoms with Crippen LogP contribution in [0.25, 0.3) is 5.69 Å². The minimum atomic E-state index is -0.0928. The molecule has 2 N–H and O–H groups in total. The molecule has 9 nitrogen and oxygen atoms in total. The third kappa shape index (κ3) is 5.20. The summed E-state index contributed by atoms with van der Waals surface area (Å²) in [6, 6.07) is 18.9. The molecule has 9 heteroatoms. The highest BCUT2D eigenvalue weighted by molar-refractivity contribution is 5.77. The molecule has 40 heavy (non-hydrogen) atoms. The Hall–Kier alpha value is -4.50. The number of aromatic hydroxyl groups is 1. The van der Waals surface area contributed by atoms with E-state index in [1.54, 1.807) is 32.5 Å². The van der Waals surface area contributed by atoms with Crippen molar-refractivity contribution < 1.29 is 24.1 Å². The predicted molar refractivity (Wildman–Crippen MR) is 150 cm³/mol. The van der Waals surface area contributed by atoms with Crippen LogP contribution in [0.3, 0.4) is 0 Å². The summed E-state index contributed by atoms with van der Waals surface area (Å²) in [6.45, 7) is 2.07. The van der Waals surface area contributed by atoms with E-state index in [1.807, 2.05) is 59.4 Å². The van der Waals surface area contributed by atoms with Gasteiger partial charge in [0.15, 0.2) is 23.0 Å². The minimum absolute atomic E-state index is 0.000939. The van der Waals surface area contributed by atoms with Crippen molar-refractivity contribution in [3.8, 4) is 34.4 Å². The fraction of sp³-hybridized carbons (Fsp3) is 0.290. The van der Waals surface area contributed by atoms with E-state index in [1.165, 1.54) is 0 Å². The first-order valence-electron chi connectivity index (χ1n) is 13.4. The van der Waals surface area contributed by atoms with Gasteiger partial charge in [-0.2, -0.15) is 5.10 Å². The maximum absolute atomic E-state index is 13.1. The molecule has 2 aliphatic rings. The third-order valence-corrected chi connectivity index (χ3v) is 7.67. The van der Waals surface area contributed by atoms with Crippen LogP contribution < -0.4 is 19.5 Å². The number of phenols is 1. The number of amides is 1. The van der Waals surface area contributed by atoms with Gasteiger partial charge < -0.3 is 24.6 Å². The Bertz CT molecular complexity index is 1520. The average Bonchev–Trinajstić information content (AvgIpc) is 3.63. The Kier molecular flexibility index (Phi) is 7.04. The van der Waals surface area contributed by atoms with Gasteiger partial charge >= 0.3 is 0 Å². The van der Waals surface area contributed by atoms with Crippen molar-refractivity contribution in [2.75, 3.05) is 27.3 Å². The molecule has 6 rings (SSSR count). The van der Waals surface area contributed by atoms with Crippen LogP contribution in [-0.2, 0) is 17.8 Å². The molecule has 4 bridgehead atoms. The predicted octanol–water partition coefficient (Wildman–Crippen LogP) is 4.42. The third-order valence-electron chi connectivity index (χ3n) is 7.67. The Morgan fingerprint density at radius 1 is 1.02 bits per heavy atom. The van der Waals surface area contributed by atoms with Gasteiger partial charge in [0, 0.05) is 50.4 Å². The number of nitrogens with one attached hydrogen (secondary N) is 1. The molecule has 1 amide bonds. The fourth-order valence-corrected chi connectivity index (χ4v) is 5.64. The van der Waals surface area contributed by atoms with Gasteiger partial charge in [-0.1, -0.05) is 12.1 Å². The van der Waals surface area contributed by atoms with Gasteiger partial charge in [-0.25, -0.2) is 4.68 Å². The number of carbonyl (C=O) groups excluding carboxylic acids is 1. The van der Waals surface area contributed by atoms with Crippen LogP contribution in [0.1, 0.15) is 29.0 Å². The molecule has 0 aliphatic carbocycles. The van der Waals surface area contributed by atoms with Gasteiger partial charge in [0.05, 0.1) is 19.9 Å². The van der Waals surface area contributed by atoms with Crippen LogP contribution in [-0.4, -0.2) is 59.0 Å². The molecular formula is C31H32N4O5. The van der Waals surface area contributed by atoms with Gasteiger partial charge in [-0.3, -0.25) is 9.69 Å². The second kappa shape index (κ2) is 10.9. The first-order chi connectivity index (χ1) is 19.5. The maximum Gasteiger partial charge on any atom is 0.220 e. The molecule has 2 atom stereocenters. The van der Waals surface area contributed by atoms with Crippen molar-refractivity contribution in [2.45, 2.75) is 31.3 Å². The molecule has 4 aromatic rings. The Balaban J connectivity index is 1.34. The van der Waals surface area contributed by atoms with Crippen molar-refractivity contribution in [3.05, 3.63) is 89.7 Å². The SMILES string of the molecule is COc1ccc(-n2cccn2)c(CN2C[C@H]3NC(=O)CCc4ccc(O)c(c4)Oc4cc(ccc4OC)[C@@H]3C2)c1. The second-order valence-electron chi connectivity index (χ2n) is 10.2. The standard InChI is InChI=1S/C31H32N4O5/c1-38-23-7-8-26(35-13-3-12-32-35)22(15-23)17-34-18-24-21-6-10-28(39-2)30(16-21)40-29-14-20(4-9-27(29)36)5-11-31(37)33-25(24)19-34/h3-4,6-10,12-16,24-25,36H,5,11,17-19H2,1-2H3,(H,33,37)/t24-,25+/m0/s1. The number of phenolic OH excluding ortho intramolecular Hbond substituents is 1. The number of likely N-dealkylation sites (tertiary alicyclic amines) is 1. The highest BCUT2D eigenvalue weighted by Crippen LogP contribution is 2.40. The van der Waals surface area contributed by atoms with Gasteiger partial charge in [-0.15, -0.1) is 0 Å². The van der Waals surface area contributed by atoms with Crippen LogP contribution in [0.15, 0.2) is 73.1 Å². The van der Waals surface area contributed by atoms with Crippen molar-refractivity contribution in [1.29, 1.82) is 0 Å². The van der Waals surface area contributed by atoms with Gasteiger partial charge in [0.2, 0.25) is 5.91 Å². The fourth-order valence-electron chi connectivity index (χ4n) is 5.64. The van der Waals surface area contributed by atoms with E-state index in [-0.39, 0.29) is 23.6 Å². The number of nitrogens with zero attached hydrogens (tertiary/aromatic N) is 3. The van der Waals surface area contributed by atoms with E-state index in [0.29, 0.717) is 43.2 Å². The first-order valence-corrected chi connectivity index (χ1v) is 13.4. The quantitative estimate of drug-likeness (QED) is 0.387. The summed E-state index contributed by atoms with van der Waals surface area (Å²) >= 11 is 0. The Morgan fingerprint density at radius 2 is 1.93 bits per heavy atom. The number of hydrogen-bond donors (Lipinski definition) is 2. The molecule has 0 unspecified atom stereocenters. The van der Waals surface area contributed by atoms with Crippen molar-refractivity contribution in [1.82, 2.24) is 20.0 Å². The molecule has 206 valence electrons. The summed E-state index contributed by atoms with van der Waals surface area (Å²) in [6.07, 6.45) is 4.57. The summed E-state index contributed by atoms with van der Waals surface area (Å²) in [7, 11) is 3.26. The highest BCUT2D eigenvalue weighted by Gasteiger charge is 2.36. The van der Waals surface area contributed by atoms with E-state index in [4.69, 9.17) is 14.2 Å². The Morgan fingerprint density at radius 3 is 2.73 bits per heavy atom. The topological polar surface area (TPSA) is 98.1 Å². The molecule has 0 spiro atoms. The monoisotopic (exact) mass is 540 g/mol. The molecule has 1 aromatic heterocycles. The molecule has 1 fully saturated rings. The van der Waals surface area contributed by atoms with Crippen LogP contribution in [0.5, 0.6) is 28.7 Å². The lowest BCUT2D eigenvalue weighted by molar-refractivity contribution is -0.121. The zero-order valence-corrected chi connectivity index (χ0v) is 22.5. The largest absolute Gasteiger partial charge is 0.504 e. The number of rotatable bonds is 5. The molecule has 1 saturated heterocycles. The second-order valence-corrected chi connectivity index (χ2v) is 10.2. The van der Waals surface area contributed by atoms with E-state index in [0.717, 1.165) is 34.7 Å². The lowest BCUT2D eigenvalue weighted by atomic mass is 9.93. The number of aromatic nitrogens is 2. The van der Waals surface area contributed by atoms with E-state index >= 15 is 0 Å². The summed E-state index contributed by atoms with van der Waals surface area (Å²) in [5.74, 6) is 2.26. The highest BCUT2D eigenvalue weighted by atomic mass is 16.5. The van der Waals surface area contributed by atoms with Crippen LogP contribution in [0.2, 0.25) is 0 Å². The zero-order chi connectivity index (χ0) is 27.6. The van der Waals surface area contributed by atoms with E-state index < -0.39 is 0 Å². The minimum Gasteiger partial charge on any atom is -0.504 e. The number of benzene rings is 3. The number of methoxy groups -OCH3 is 2. The zero-order valence-electron chi connectivity index (χ0n) is 22.5. The van der Waals surface area contributed by atoms with E-state index in [2.05, 4.69) is 15.3 Å². The van der Waals surface area contributed by atoms with Crippen LogP contribution >= 0.6 is 0 Å². The van der Waals surface area contributed by atoms with Crippen LogP contribution in [0, 0.1) is 0 Å². The van der Waals surface area contributed by atoms with Crippen molar-refractivity contribution in [2.24, 2.45) is 0 Å². The number of fused-ring (bicyclic) bond motifs is 6. The number of hydrogen-bond acceptors (Lipinski definition) is 7. The van der Waals surface area contributed by atoms with E-state index in [9.17, 15) is 9.90 Å². The number of aryl methyl sites for hydroxylation is 1. The Labute approximate surface area is 232 Å². The number of ether oxygens (including phenoxy) is 3. The van der Waals surface area contributed by atoms with Gasteiger partial charge in [0.25, 0.3) is 0 Å². The van der Waals surface area contributed by atoms with Gasteiger partial charge in [0.1, 0.15) is 5.75 Å². The molecule has 0 radical (unpaired) electrons. The average molecular weight is 541 g/mol. The summed E-state index contributed by atoms with van der Waals surface area (Å²) in [5.41, 5.74) is 4.00. The molecule has 2 aliphatic heterocycles. The lowest BCUT2D eigenvalue weighted by Crippen LogP contribution is -2.39. The maximum atomic E-state index is 13.1. The van der Waals surface area contributed by atoms with Crippen molar-refractivity contribution >= 4 is 5.91 Å². The molecular weight excluding hydrogens is 508 g/mol. The number of carbonyl (C=O) groups is 1. The molecule has 3 heterocycles.